The summed E-state index contributed by atoms with van der Waals surface area (Å²) in [5.74, 6) is 2.34. The highest BCUT2D eigenvalue weighted by Gasteiger charge is 2.20. The van der Waals surface area contributed by atoms with Crippen molar-refractivity contribution >= 4 is 5.96 Å². The average Bonchev–Trinajstić information content (AvgIpc) is 3.25. The van der Waals surface area contributed by atoms with E-state index in [-0.39, 0.29) is 6.10 Å². The van der Waals surface area contributed by atoms with Crippen LogP contribution in [0.5, 0.6) is 11.5 Å². The fourth-order valence-corrected chi connectivity index (χ4v) is 3.34. The first kappa shape index (κ1) is 20.0. The van der Waals surface area contributed by atoms with Crippen molar-refractivity contribution in [1.82, 2.24) is 15.6 Å². The Kier molecular flexibility index (Phi) is 7.53. The number of aromatic nitrogens is 1. The van der Waals surface area contributed by atoms with Crippen LogP contribution in [0.1, 0.15) is 43.9 Å². The van der Waals surface area contributed by atoms with Gasteiger partial charge in [0.25, 0.3) is 0 Å². The van der Waals surface area contributed by atoms with Crippen LogP contribution in [-0.4, -0.2) is 30.7 Å². The third kappa shape index (κ3) is 5.62. The lowest BCUT2D eigenvalue weighted by Crippen LogP contribution is -2.37. The number of pyridine rings is 1. The van der Waals surface area contributed by atoms with E-state index in [0.29, 0.717) is 13.1 Å². The molecule has 1 aliphatic carbocycles. The molecule has 0 atom stereocenters. The van der Waals surface area contributed by atoms with Crippen molar-refractivity contribution in [3.8, 4) is 11.5 Å². The molecule has 0 unspecified atom stereocenters. The van der Waals surface area contributed by atoms with Crippen molar-refractivity contribution in [1.29, 1.82) is 0 Å². The number of methoxy groups -OCH3 is 1. The van der Waals surface area contributed by atoms with Crippen LogP contribution >= 0.6 is 0 Å². The molecule has 150 valence electrons. The largest absolute Gasteiger partial charge is 0.493 e. The number of nitrogens with zero attached hydrogens (tertiary/aromatic N) is 2. The molecule has 6 heteroatoms. The Morgan fingerprint density at radius 3 is 2.71 bits per heavy atom. The molecule has 0 bridgehead atoms. The zero-order chi connectivity index (χ0) is 19.6. The Morgan fingerprint density at radius 1 is 1.14 bits per heavy atom. The highest BCUT2D eigenvalue weighted by Crippen LogP contribution is 2.35. The minimum absolute atomic E-state index is 0.273. The topological polar surface area (TPSA) is 67.8 Å². The maximum absolute atomic E-state index is 6.30. The summed E-state index contributed by atoms with van der Waals surface area (Å²) in [4.78, 5) is 9.08. The van der Waals surface area contributed by atoms with Crippen LogP contribution in [0.4, 0.5) is 0 Å². The minimum atomic E-state index is 0.273. The molecule has 1 fully saturated rings. The van der Waals surface area contributed by atoms with Gasteiger partial charge in [0, 0.05) is 18.3 Å². The Bertz CT molecular complexity index is 758. The first-order valence-electron chi connectivity index (χ1n) is 10.0. The molecule has 28 heavy (non-hydrogen) atoms. The number of hydrogen-bond donors (Lipinski definition) is 2. The molecule has 1 saturated carbocycles. The first-order valence-corrected chi connectivity index (χ1v) is 10.0. The van der Waals surface area contributed by atoms with Crippen molar-refractivity contribution in [2.24, 2.45) is 4.99 Å². The van der Waals surface area contributed by atoms with Crippen molar-refractivity contribution < 1.29 is 9.47 Å². The Balaban J connectivity index is 1.71. The molecular formula is C22H30N4O2. The van der Waals surface area contributed by atoms with Crippen LogP contribution in [0.3, 0.4) is 0 Å². The molecule has 1 heterocycles. The van der Waals surface area contributed by atoms with Crippen LogP contribution < -0.4 is 20.1 Å². The van der Waals surface area contributed by atoms with Crippen LogP contribution in [0.25, 0.3) is 0 Å². The van der Waals surface area contributed by atoms with E-state index < -0.39 is 0 Å². The number of nitrogens with one attached hydrogen (secondary N) is 2. The predicted molar refractivity (Wildman–Crippen MR) is 112 cm³/mol. The SMILES string of the molecule is CCNC(=NCc1cccc(OC)c1OC1CCCC1)NCc1ccccn1. The molecule has 0 radical (unpaired) electrons. The van der Waals surface area contributed by atoms with Gasteiger partial charge in [-0.15, -0.1) is 0 Å². The van der Waals surface area contributed by atoms with E-state index in [1.165, 1.54) is 12.8 Å². The Hall–Kier alpha value is -2.76. The lowest BCUT2D eigenvalue weighted by Gasteiger charge is -2.19. The van der Waals surface area contributed by atoms with Gasteiger partial charge in [0.15, 0.2) is 17.5 Å². The number of para-hydroxylation sites is 1. The quantitative estimate of drug-likeness (QED) is 0.539. The average molecular weight is 383 g/mol. The zero-order valence-corrected chi connectivity index (χ0v) is 16.8. The fraction of sp³-hybridized carbons (Fsp3) is 0.455. The maximum Gasteiger partial charge on any atom is 0.191 e. The summed E-state index contributed by atoms with van der Waals surface area (Å²) in [6, 6.07) is 11.9. The third-order valence-corrected chi connectivity index (χ3v) is 4.78. The first-order chi connectivity index (χ1) is 13.8. The smallest absolute Gasteiger partial charge is 0.191 e. The van der Waals surface area contributed by atoms with Gasteiger partial charge in [-0.25, -0.2) is 4.99 Å². The molecule has 3 rings (SSSR count). The molecule has 0 saturated heterocycles. The summed E-state index contributed by atoms with van der Waals surface area (Å²) in [5, 5.41) is 6.62. The number of ether oxygens (including phenoxy) is 2. The number of aliphatic imine (C=N–C) groups is 1. The summed E-state index contributed by atoms with van der Waals surface area (Å²) >= 11 is 0. The normalized spacial score (nSPS) is 14.7. The van der Waals surface area contributed by atoms with Crippen LogP contribution in [0, 0.1) is 0 Å². The summed E-state index contributed by atoms with van der Waals surface area (Å²) in [6.45, 7) is 3.97. The fourth-order valence-electron chi connectivity index (χ4n) is 3.34. The second-order valence-corrected chi connectivity index (χ2v) is 6.84. The Morgan fingerprint density at radius 2 is 2.00 bits per heavy atom. The van der Waals surface area contributed by atoms with Crippen molar-refractivity contribution in [3.05, 3.63) is 53.9 Å². The van der Waals surface area contributed by atoms with Crippen molar-refractivity contribution in [2.75, 3.05) is 13.7 Å². The number of guanidine groups is 1. The van der Waals surface area contributed by atoms with Crippen molar-refractivity contribution in [2.45, 2.75) is 51.8 Å². The van der Waals surface area contributed by atoms with Gasteiger partial charge in [-0.3, -0.25) is 4.98 Å². The van der Waals surface area contributed by atoms with Gasteiger partial charge in [-0.2, -0.15) is 0 Å². The molecule has 0 aliphatic heterocycles. The summed E-state index contributed by atoms with van der Waals surface area (Å²) in [7, 11) is 1.68. The lowest BCUT2D eigenvalue weighted by molar-refractivity contribution is 0.198. The molecule has 2 aromatic rings. The van der Waals surface area contributed by atoms with Gasteiger partial charge in [-0.05, 0) is 50.8 Å². The summed E-state index contributed by atoms with van der Waals surface area (Å²) in [5.41, 5.74) is 2.00. The van der Waals surface area contributed by atoms with E-state index in [1.54, 1.807) is 13.3 Å². The molecular weight excluding hydrogens is 352 g/mol. The lowest BCUT2D eigenvalue weighted by atomic mass is 10.1. The highest BCUT2D eigenvalue weighted by atomic mass is 16.5. The highest BCUT2D eigenvalue weighted by molar-refractivity contribution is 5.79. The molecule has 1 aliphatic rings. The molecule has 6 nitrogen and oxygen atoms in total. The van der Waals surface area contributed by atoms with Gasteiger partial charge < -0.3 is 20.1 Å². The van der Waals surface area contributed by atoms with Gasteiger partial charge in [0.2, 0.25) is 0 Å². The molecule has 1 aromatic carbocycles. The summed E-state index contributed by atoms with van der Waals surface area (Å²) in [6.07, 6.45) is 6.74. The van der Waals surface area contributed by atoms with Gasteiger partial charge in [-0.1, -0.05) is 18.2 Å². The standard InChI is InChI=1S/C22H30N4O2/c1-3-23-22(26-16-18-10-6-7-14-24-18)25-15-17-9-8-13-20(27-2)21(17)28-19-11-4-5-12-19/h6-10,13-14,19H,3-5,11-12,15-16H2,1-2H3,(H2,23,25,26). The molecule has 0 spiro atoms. The van der Waals surface area contributed by atoms with Crippen molar-refractivity contribution in [3.63, 3.8) is 0 Å². The van der Waals surface area contributed by atoms with Gasteiger partial charge in [0.05, 0.1) is 32.0 Å². The predicted octanol–water partition coefficient (Wildman–Crippen LogP) is 3.67. The van der Waals surface area contributed by atoms with E-state index >= 15 is 0 Å². The molecule has 2 N–H and O–H groups in total. The van der Waals surface area contributed by atoms with E-state index in [1.807, 2.05) is 30.3 Å². The molecule has 0 amide bonds. The second kappa shape index (κ2) is 10.5. The second-order valence-electron chi connectivity index (χ2n) is 6.84. The van der Waals surface area contributed by atoms with Crippen LogP contribution in [0.15, 0.2) is 47.6 Å². The van der Waals surface area contributed by atoms with Gasteiger partial charge in [0.1, 0.15) is 0 Å². The van der Waals surface area contributed by atoms with E-state index in [9.17, 15) is 0 Å². The zero-order valence-electron chi connectivity index (χ0n) is 16.8. The number of benzene rings is 1. The van der Waals surface area contributed by atoms with Crippen LogP contribution in [-0.2, 0) is 13.1 Å². The monoisotopic (exact) mass is 382 g/mol. The van der Waals surface area contributed by atoms with E-state index in [4.69, 9.17) is 14.5 Å². The Labute approximate surface area is 167 Å². The van der Waals surface area contributed by atoms with E-state index in [2.05, 4.69) is 28.6 Å². The van der Waals surface area contributed by atoms with Crippen LogP contribution in [0.2, 0.25) is 0 Å². The summed E-state index contributed by atoms with van der Waals surface area (Å²) < 4.78 is 11.8. The minimum Gasteiger partial charge on any atom is -0.493 e. The van der Waals surface area contributed by atoms with Gasteiger partial charge >= 0.3 is 0 Å². The van der Waals surface area contributed by atoms with E-state index in [0.717, 1.165) is 48.1 Å². The maximum atomic E-state index is 6.30. The third-order valence-electron chi connectivity index (χ3n) is 4.78. The molecule has 1 aromatic heterocycles. The number of rotatable bonds is 8. The number of hydrogen-bond acceptors (Lipinski definition) is 4.